The smallest absolute Gasteiger partial charge is 0.115 e. The summed E-state index contributed by atoms with van der Waals surface area (Å²) in [6, 6.07) is 7.48. The van der Waals surface area contributed by atoms with Crippen LogP contribution in [-0.2, 0) is 11.8 Å². The number of nitrogens with zero attached hydrogens (tertiary/aromatic N) is 1. The summed E-state index contributed by atoms with van der Waals surface area (Å²) in [5, 5.41) is 9.90. The molecule has 1 aromatic rings. The molecule has 1 heterocycles. The van der Waals surface area contributed by atoms with Crippen molar-refractivity contribution in [3.05, 3.63) is 29.3 Å². The maximum absolute atomic E-state index is 9.90. The SMILES string of the molecule is CC1[C@H]2Cc3ccc(O)cc3[C@]1(C)CCN2[C@H](C)C1CC1. The predicted molar refractivity (Wildman–Crippen MR) is 85.6 cm³/mol. The lowest BCUT2D eigenvalue weighted by Gasteiger charge is -2.56. The number of phenolic OH excluding ortho intramolecular Hbond substituents is 1. The quantitative estimate of drug-likeness (QED) is 0.895. The van der Waals surface area contributed by atoms with Crippen molar-refractivity contribution < 1.29 is 5.11 Å². The molecule has 21 heavy (non-hydrogen) atoms. The average Bonchev–Trinajstić information content (AvgIpc) is 3.28. The number of piperidine rings is 1. The van der Waals surface area contributed by atoms with Gasteiger partial charge in [0.1, 0.15) is 5.75 Å². The van der Waals surface area contributed by atoms with Gasteiger partial charge < -0.3 is 5.11 Å². The standard InChI is InChI=1S/C19H27NO/c1-12-18-10-15-6-7-16(21)11-17(15)19(12,3)8-9-20(18)13(2)14-4-5-14/h6-7,11-14,18,21H,4-5,8-10H2,1-3H3/t12?,13-,18-,19-/m1/s1. The van der Waals surface area contributed by atoms with Gasteiger partial charge in [0.25, 0.3) is 0 Å². The van der Waals surface area contributed by atoms with Crippen LogP contribution in [0.25, 0.3) is 0 Å². The van der Waals surface area contributed by atoms with E-state index in [-0.39, 0.29) is 5.41 Å². The van der Waals surface area contributed by atoms with Crippen LogP contribution in [0.4, 0.5) is 0 Å². The molecule has 1 aromatic carbocycles. The van der Waals surface area contributed by atoms with Crippen LogP contribution < -0.4 is 0 Å². The number of benzene rings is 1. The normalized spacial score (nSPS) is 37.1. The summed E-state index contributed by atoms with van der Waals surface area (Å²) in [7, 11) is 0. The molecule has 3 aliphatic rings. The molecule has 2 aliphatic carbocycles. The minimum Gasteiger partial charge on any atom is -0.508 e. The van der Waals surface area contributed by atoms with E-state index < -0.39 is 0 Å². The molecule has 0 radical (unpaired) electrons. The predicted octanol–water partition coefficient (Wildman–Crippen LogP) is 3.71. The van der Waals surface area contributed by atoms with Crippen molar-refractivity contribution >= 4 is 0 Å². The van der Waals surface area contributed by atoms with E-state index in [0.717, 1.165) is 18.4 Å². The molecule has 0 aromatic heterocycles. The molecule has 1 saturated heterocycles. The summed E-state index contributed by atoms with van der Waals surface area (Å²) in [4.78, 5) is 2.81. The van der Waals surface area contributed by atoms with Crippen molar-refractivity contribution in [1.29, 1.82) is 0 Å². The van der Waals surface area contributed by atoms with Crippen LogP contribution in [0.1, 0.15) is 51.2 Å². The fourth-order valence-electron chi connectivity index (χ4n) is 5.00. The minimum atomic E-state index is 0.233. The van der Waals surface area contributed by atoms with Gasteiger partial charge in [-0.1, -0.05) is 19.9 Å². The molecular formula is C19H27NO. The van der Waals surface area contributed by atoms with E-state index in [9.17, 15) is 5.11 Å². The Balaban J connectivity index is 1.73. The molecule has 2 bridgehead atoms. The summed E-state index contributed by atoms with van der Waals surface area (Å²) in [5.74, 6) is 2.04. The molecule has 0 spiro atoms. The van der Waals surface area contributed by atoms with Crippen molar-refractivity contribution in [2.24, 2.45) is 11.8 Å². The van der Waals surface area contributed by atoms with Gasteiger partial charge in [0.15, 0.2) is 0 Å². The Bertz CT molecular complexity index is 565. The zero-order valence-electron chi connectivity index (χ0n) is 13.5. The third kappa shape index (κ3) is 1.95. The lowest BCUT2D eigenvalue weighted by Crippen LogP contribution is -2.60. The summed E-state index contributed by atoms with van der Waals surface area (Å²) < 4.78 is 0. The second kappa shape index (κ2) is 4.49. The maximum Gasteiger partial charge on any atom is 0.115 e. The molecule has 114 valence electrons. The molecule has 1 unspecified atom stereocenters. The van der Waals surface area contributed by atoms with E-state index in [0.29, 0.717) is 17.7 Å². The zero-order chi connectivity index (χ0) is 14.8. The third-order valence-corrected chi connectivity index (χ3v) is 6.86. The number of likely N-dealkylation sites (tertiary alicyclic amines) is 1. The Morgan fingerprint density at radius 2 is 2.10 bits per heavy atom. The Labute approximate surface area is 128 Å². The van der Waals surface area contributed by atoms with E-state index in [1.807, 2.05) is 12.1 Å². The van der Waals surface area contributed by atoms with E-state index in [1.165, 1.54) is 36.9 Å². The van der Waals surface area contributed by atoms with Gasteiger partial charge in [-0.15, -0.1) is 0 Å². The van der Waals surface area contributed by atoms with Crippen molar-refractivity contribution in [3.8, 4) is 5.75 Å². The molecule has 1 N–H and O–H groups in total. The maximum atomic E-state index is 9.90. The number of hydrogen-bond acceptors (Lipinski definition) is 2. The third-order valence-electron chi connectivity index (χ3n) is 6.86. The van der Waals surface area contributed by atoms with Crippen molar-refractivity contribution in [2.45, 2.75) is 64.0 Å². The van der Waals surface area contributed by atoms with Gasteiger partial charge in [-0.3, -0.25) is 4.90 Å². The van der Waals surface area contributed by atoms with Crippen LogP contribution in [0, 0.1) is 11.8 Å². The molecule has 2 nitrogen and oxygen atoms in total. The first kappa shape index (κ1) is 13.6. The minimum absolute atomic E-state index is 0.233. The Kier molecular flexibility index (Phi) is 2.91. The van der Waals surface area contributed by atoms with Gasteiger partial charge in [0, 0.05) is 12.1 Å². The average molecular weight is 285 g/mol. The molecule has 4 atom stereocenters. The fourth-order valence-corrected chi connectivity index (χ4v) is 5.00. The Hall–Kier alpha value is -1.02. The van der Waals surface area contributed by atoms with Crippen molar-refractivity contribution in [2.75, 3.05) is 6.54 Å². The topological polar surface area (TPSA) is 23.5 Å². The highest BCUT2D eigenvalue weighted by Gasteiger charge is 2.50. The molecule has 4 rings (SSSR count). The van der Waals surface area contributed by atoms with E-state index in [4.69, 9.17) is 0 Å². The van der Waals surface area contributed by atoms with Crippen LogP contribution >= 0.6 is 0 Å². The van der Waals surface area contributed by atoms with Crippen molar-refractivity contribution in [1.82, 2.24) is 4.90 Å². The van der Waals surface area contributed by atoms with Crippen LogP contribution in [0.5, 0.6) is 5.75 Å². The number of rotatable bonds is 2. The van der Waals surface area contributed by atoms with E-state index in [2.05, 4.69) is 31.7 Å². The largest absolute Gasteiger partial charge is 0.508 e. The molecule has 2 heteroatoms. The first-order valence-corrected chi connectivity index (χ1v) is 8.59. The van der Waals surface area contributed by atoms with Crippen LogP contribution in [0.3, 0.4) is 0 Å². The van der Waals surface area contributed by atoms with Crippen LogP contribution in [0.15, 0.2) is 18.2 Å². The lowest BCUT2D eigenvalue weighted by molar-refractivity contribution is 0.000427. The highest BCUT2D eigenvalue weighted by atomic mass is 16.3. The fraction of sp³-hybridized carbons (Fsp3) is 0.684. The summed E-state index contributed by atoms with van der Waals surface area (Å²) in [6.45, 7) is 8.52. The molecule has 0 amide bonds. The summed E-state index contributed by atoms with van der Waals surface area (Å²) in [6.07, 6.45) is 5.24. The number of aromatic hydroxyl groups is 1. The second-order valence-electron chi connectivity index (χ2n) is 7.88. The van der Waals surface area contributed by atoms with E-state index >= 15 is 0 Å². The highest BCUT2D eigenvalue weighted by molar-refractivity contribution is 5.44. The van der Waals surface area contributed by atoms with Gasteiger partial charge in [-0.25, -0.2) is 0 Å². The van der Waals surface area contributed by atoms with Gasteiger partial charge in [0.2, 0.25) is 0 Å². The Morgan fingerprint density at radius 3 is 2.81 bits per heavy atom. The summed E-state index contributed by atoms with van der Waals surface area (Å²) >= 11 is 0. The number of fused-ring (bicyclic) bond motifs is 4. The van der Waals surface area contributed by atoms with Crippen LogP contribution in [0.2, 0.25) is 0 Å². The van der Waals surface area contributed by atoms with E-state index in [1.54, 1.807) is 0 Å². The molecule has 1 aliphatic heterocycles. The van der Waals surface area contributed by atoms with Gasteiger partial charge in [-0.2, -0.15) is 0 Å². The molecule has 1 saturated carbocycles. The monoisotopic (exact) mass is 285 g/mol. The van der Waals surface area contributed by atoms with Gasteiger partial charge >= 0.3 is 0 Å². The molecule has 2 fully saturated rings. The number of hydrogen-bond donors (Lipinski definition) is 1. The zero-order valence-corrected chi connectivity index (χ0v) is 13.5. The second-order valence-corrected chi connectivity index (χ2v) is 7.88. The summed E-state index contributed by atoms with van der Waals surface area (Å²) in [5.41, 5.74) is 3.10. The number of phenols is 1. The molecular weight excluding hydrogens is 258 g/mol. The highest BCUT2D eigenvalue weighted by Crippen LogP contribution is 2.51. The van der Waals surface area contributed by atoms with Gasteiger partial charge in [0.05, 0.1) is 0 Å². The first-order valence-electron chi connectivity index (χ1n) is 8.59. The van der Waals surface area contributed by atoms with Crippen molar-refractivity contribution in [3.63, 3.8) is 0 Å². The first-order chi connectivity index (χ1) is 10.0. The Morgan fingerprint density at radius 1 is 1.33 bits per heavy atom. The van der Waals surface area contributed by atoms with Crippen LogP contribution in [-0.4, -0.2) is 28.6 Å². The van der Waals surface area contributed by atoms with Gasteiger partial charge in [-0.05, 0) is 79.7 Å². The lowest BCUT2D eigenvalue weighted by atomic mass is 9.58.